The van der Waals surface area contributed by atoms with Gasteiger partial charge in [-0.05, 0) is 24.8 Å². The molecule has 1 saturated carbocycles. The highest BCUT2D eigenvalue weighted by atomic mass is 79.9. The molecule has 0 bridgehead atoms. The molecule has 0 saturated heterocycles. The lowest BCUT2D eigenvalue weighted by atomic mass is 9.85. The van der Waals surface area contributed by atoms with Crippen LogP contribution >= 0.6 is 27.5 Å². The largest absolute Gasteiger partial charge is 0.417 e. The Morgan fingerprint density at radius 2 is 2.11 bits per heavy atom. The fourth-order valence-electron chi connectivity index (χ4n) is 2.14. The SMILES string of the molecule is CN(CC1CC(Br)C1)c1ncc(C(F)(F)F)cc1Cl. The maximum absolute atomic E-state index is 12.5. The van der Waals surface area contributed by atoms with Gasteiger partial charge in [-0.15, -0.1) is 0 Å². The minimum Gasteiger partial charge on any atom is -0.358 e. The van der Waals surface area contributed by atoms with Crippen LogP contribution in [0.4, 0.5) is 19.0 Å². The molecule has 2 rings (SSSR count). The Bertz CT molecular complexity index is 461. The second-order valence-corrected chi connectivity index (χ2v) is 6.54. The summed E-state index contributed by atoms with van der Waals surface area (Å²) in [5.74, 6) is 0.933. The molecule has 0 aromatic carbocycles. The van der Waals surface area contributed by atoms with Crippen molar-refractivity contribution in [3.05, 3.63) is 22.8 Å². The maximum Gasteiger partial charge on any atom is 0.417 e. The molecule has 0 radical (unpaired) electrons. The highest BCUT2D eigenvalue weighted by molar-refractivity contribution is 9.09. The summed E-state index contributed by atoms with van der Waals surface area (Å²) >= 11 is 9.40. The van der Waals surface area contributed by atoms with Crippen molar-refractivity contribution in [1.82, 2.24) is 4.98 Å². The second-order valence-electron chi connectivity index (χ2n) is 4.84. The van der Waals surface area contributed by atoms with E-state index in [2.05, 4.69) is 20.9 Å². The molecule has 1 aliphatic carbocycles. The molecule has 0 spiro atoms. The highest BCUT2D eigenvalue weighted by Crippen LogP contribution is 2.36. The summed E-state index contributed by atoms with van der Waals surface area (Å²) in [7, 11) is 1.79. The minimum absolute atomic E-state index is 0.0343. The molecule has 19 heavy (non-hydrogen) atoms. The first-order valence-corrected chi connectivity index (χ1v) is 7.14. The third-order valence-electron chi connectivity index (χ3n) is 3.22. The lowest BCUT2D eigenvalue weighted by Gasteiger charge is -2.35. The molecule has 1 aromatic heterocycles. The van der Waals surface area contributed by atoms with E-state index >= 15 is 0 Å². The molecule has 2 nitrogen and oxygen atoms in total. The van der Waals surface area contributed by atoms with E-state index in [9.17, 15) is 13.2 Å². The van der Waals surface area contributed by atoms with Crippen LogP contribution in [0.15, 0.2) is 12.3 Å². The van der Waals surface area contributed by atoms with Gasteiger partial charge in [-0.1, -0.05) is 27.5 Å². The summed E-state index contributed by atoms with van der Waals surface area (Å²) in [4.78, 5) is 6.21. The van der Waals surface area contributed by atoms with Crippen LogP contribution < -0.4 is 4.90 Å². The number of alkyl halides is 4. The van der Waals surface area contributed by atoms with Crippen molar-refractivity contribution >= 4 is 33.3 Å². The fraction of sp³-hybridized carbons (Fsp3) is 0.583. The Kier molecular flexibility index (Phi) is 4.30. The molecule has 0 N–H and O–H groups in total. The van der Waals surface area contributed by atoms with Crippen molar-refractivity contribution in [2.24, 2.45) is 5.92 Å². The summed E-state index contributed by atoms with van der Waals surface area (Å²) in [6.45, 7) is 0.750. The first-order valence-electron chi connectivity index (χ1n) is 5.85. The van der Waals surface area contributed by atoms with E-state index in [1.54, 1.807) is 7.05 Å². The zero-order chi connectivity index (χ0) is 14.2. The third kappa shape index (κ3) is 3.54. The van der Waals surface area contributed by atoms with Gasteiger partial charge in [0.25, 0.3) is 0 Å². The highest BCUT2D eigenvalue weighted by Gasteiger charge is 2.32. The van der Waals surface area contributed by atoms with Gasteiger partial charge in [-0.3, -0.25) is 0 Å². The van der Waals surface area contributed by atoms with E-state index in [0.717, 1.165) is 31.6 Å². The Morgan fingerprint density at radius 3 is 2.58 bits per heavy atom. The molecule has 7 heteroatoms. The average Bonchev–Trinajstić information content (AvgIpc) is 2.25. The topological polar surface area (TPSA) is 16.1 Å². The van der Waals surface area contributed by atoms with E-state index in [1.165, 1.54) is 0 Å². The fourth-order valence-corrected chi connectivity index (χ4v) is 3.51. The standard InChI is InChI=1S/C12H13BrClF3N2/c1-19(6-7-2-9(13)3-7)11-10(14)4-8(5-18-11)12(15,16)17/h4-5,7,9H,2-3,6H2,1H3. The van der Waals surface area contributed by atoms with Crippen LogP contribution in [-0.2, 0) is 6.18 Å². The normalized spacial score (nSPS) is 23.1. The van der Waals surface area contributed by atoms with Crippen molar-refractivity contribution in [2.75, 3.05) is 18.5 Å². The van der Waals surface area contributed by atoms with Gasteiger partial charge in [-0.2, -0.15) is 13.2 Å². The number of hydrogen-bond donors (Lipinski definition) is 0. The minimum atomic E-state index is -4.41. The lowest BCUT2D eigenvalue weighted by Crippen LogP contribution is -2.35. The zero-order valence-corrected chi connectivity index (χ0v) is 12.6. The zero-order valence-electron chi connectivity index (χ0n) is 10.2. The van der Waals surface area contributed by atoms with Crippen LogP contribution in [0.25, 0.3) is 0 Å². The Hall–Kier alpha value is -0.490. The van der Waals surface area contributed by atoms with Crippen LogP contribution in [0.2, 0.25) is 5.02 Å². The van der Waals surface area contributed by atoms with Gasteiger partial charge in [0, 0.05) is 24.6 Å². The number of pyridine rings is 1. The lowest BCUT2D eigenvalue weighted by molar-refractivity contribution is -0.137. The molecular formula is C12H13BrClF3N2. The average molecular weight is 358 g/mol. The van der Waals surface area contributed by atoms with Gasteiger partial charge < -0.3 is 4.90 Å². The molecule has 0 unspecified atom stereocenters. The van der Waals surface area contributed by atoms with Crippen LogP contribution in [0.3, 0.4) is 0 Å². The number of aromatic nitrogens is 1. The molecule has 0 atom stereocenters. The third-order valence-corrected chi connectivity index (χ3v) is 4.25. The molecule has 0 amide bonds. The number of anilines is 1. The summed E-state index contributed by atoms with van der Waals surface area (Å²) in [5.41, 5.74) is -0.821. The molecule has 0 aliphatic heterocycles. The summed E-state index contributed by atoms with van der Waals surface area (Å²) in [6.07, 6.45) is -1.44. The van der Waals surface area contributed by atoms with E-state index in [0.29, 0.717) is 16.6 Å². The molecule has 1 aliphatic rings. The van der Waals surface area contributed by atoms with E-state index in [-0.39, 0.29) is 5.02 Å². The van der Waals surface area contributed by atoms with Crippen LogP contribution in [-0.4, -0.2) is 23.4 Å². The Balaban J connectivity index is 2.08. The first-order chi connectivity index (χ1) is 8.77. The van der Waals surface area contributed by atoms with Gasteiger partial charge in [0.05, 0.1) is 10.6 Å². The number of halogens is 5. The molecule has 106 valence electrons. The predicted molar refractivity (Wildman–Crippen MR) is 73.0 cm³/mol. The smallest absolute Gasteiger partial charge is 0.358 e. The summed E-state index contributed by atoms with van der Waals surface area (Å²) in [5, 5.41) is 0.0343. The Morgan fingerprint density at radius 1 is 1.47 bits per heavy atom. The van der Waals surface area contributed by atoms with Crippen LogP contribution in [0.5, 0.6) is 0 Å². The Labute approximate surface area is 123 Å². The van der Waals surface area contributed by atoms with Crippen molar-refractivity contribution in [1.29, 1.82) is 0 Å². The van der Waals surface area contributed by atoms with Crippen molar-refractivity contribution in [3.63, 3.8) is 0 Å². The van der Waals surface area contributed by atoms with Gasteiger partial charge in [0.2, 0.25) is 0 Å². The number of nitrogens with zero attached hydrogens (tertiary/aromatic N) is 2. The second kappa shape index (κ2) is 5.48. The predicted octanol–water partition coefficient (Wildman–Crippen LogP) is 4.36. The van der Waals surface area contributed by atoms with Crippen LogP contribution in [0.1, 0.15) is 18.4 Å². The van der Waals surface area contributed by atoms with Crippen molar-refractivity contribution < 1.29 is 13.2 Å². The number of rotatable bonds is 3. The maximum atomic E-state index is 12.5. The van der Waals surface area contributed by atoms with Crippen LogP contribution in [0, 0.1) is 5.92 Å². The molecular weight excluding hydrogens is 344 g/mol. The molecule has 1 fully saturated rings. The van der Waals surface area contributed by atoms with Gasteiger partial charge >= 0.3 is 6.18 Å². The molecule has 1 heterocycles. The first kappa shape index (κ1) is 14.9. The van der Waals surface area contributed by atoms with Gasteiger partial charge in [-0.25, -0.2) is 4.98 Å². The molecule has 1 aromatic rings. The van der Waals surface area contributed by atoms with E-state index < -0.39 is 11.7 Å². The summed E-state index contributed by atoms with van der Waals surface area (Å²) < 4.78 is 37.5. The van der Waals surface area contributed by atoms with E-state index in [1.807, 2.05) is 4.90 Å². The van der Waals surface area contributed by atoms with Crippen molar-refractivity contribution in [3.8, 4) is 0 Å². The quantitative estimate of drug-likeness (QED) is 0.747. The number of hydrogen-bond acceptors (Lipinski definition) is 2. The van der Waals surface area contributed by atoms with Gasteiger partial charge in [0.15, 0.2) is 0 Å². The summed E-state index contributed by atoms with van der Waals surface area (Å²) in [6, 6.07) is 0.925. The van der Waals surface area contributed by atoms with Crippen molar-refractivity contribution in [2.45, 2.75) is 23.8 Å². The monoisotopic (exact) mass is 356 g/mol. The van der Waals surface area contributed by atoms with Gasteiger partial charge in [0.1, 0.15) is 5.82 Å². The van der Waals surface area contributed by atoms with E-state index in [4.69, 9.17) is 11.6 Å².